The highest BCUT2D eigenvalue weighted by Gasteiger charge is 2.28. The number of ether oxygens (including phenoxy) is 1. The second kappa shape index (κ2) is 9.65. The number of aromatic nitrogens is 2. The molecule has 6 nitrogen and oxygen atoms in total. The zero-order valence-electron chi connectivity index (χ0n) is 19.0. The minimum Gasteiger partial charge on any atom is -0.485 e. The fourth-order valence-electron chi connectivity index (χ4n) is 3.58. The molecule has 1 fully saturated rings. The molecular formula is C24H29ClF2N4O2. The summed E-state index contributed by atoms with van der Waals surface area (Å²) in [7, 11) is 0. The van der Waals surface area contributed by atoms with Gasteiger partial charge in [-0.2, -0.15) is 0 Å². The standard InChI is InChI=1S/C24H28F2N4O2.ClH/c1-4-24(3,27)13-28-23(31)21-14(2)29-22-20(10-16(11-30(21)22)15-8-9-15)32-12-17-18(25)6-5-7-19(17)26;/h5-7,10-11,15H,4,8-9,12-13,27H2,1-3H3,(H,28,31);1H. The number of rotatable bonds is 8. The van der Waals surface area contributed by atoms with Gasteiger partial charge in [0.05, 0.1) is 11.3 Å². The van der Waals surface area contributed by atoms with Crippen LogP contribution in [0.15, 0.2) is 30.5 Å². The predicted molar refractivity (Wildman–Crippen MR) is 125 cm³/mol. The number of amides is 1. The minimum absolute atomic E-state index is 0. The number of hydrogen-bond acceptors (Lipinski definition) is 4. The normalized spacial score (nSPS) is 15.1. The Kier molecular flexibility index (Phi) is 7.29. The summed E-state index contributed by atoms with van der Waals surface area (Å²) in [6, 6.07) is 5.56. The van der Waals surface area contributed by atoms with Crippen LogP contribution in [0.5, 0.6) is 5.75 Å². The Labute approximate surface area is 197 Å². The lowest BCUT2D eigenvalue weighted by molar-refractivity contribution is 0.0937. The number of aryl methyl sites for hydroxylation is 1. The molecule has 3 aromatic rings. The molecule has 2 aromatic heterocycles. The van der Waals surface area contributed by atoms with E-state index in [0.717, 1.165) is 24.8 Å². The monoisotopic (exact) mass is 478 g/mol. The zero-order chi connectivity index (χ0) is 23.0. The van der Waals surface area contributed by atoms with Crippen molar-refractivity contribution >= 4 is 24.0 Å². The van der Waals surface area contributed by atoms with Gasteiger partial charge in [0, 0.05) is 18.3 Å². The van der Waals surface area contributed by atoms with E-state index in [0.29, 0.717) is 35.2 Å². The molecule has 9 heteroatoms. The topological polar surface area (TPSA) is 81.6 Å². The van der Waals surface area contributed by atoms with Crippen LogP contribution in [-0.2, 0) is 6.61 Å². The Balaban J connectivity index is 0.00000306. The Morgan fingerprint density at radius 1 is 1.33 bits per heavy atom. The molecule has 1 aliphatic carbocycles. The Morgan fingerprint density at radius 2 is 2.00 bits per heavy atom. The second-order valence-corrected chi connectivity index (χ2v) is 8.83. The maximum Gasteiger partial charge on any atom is 0.270 e. The van der Waals surface area contributed by atoms with Crippen molar-refractivity contribution in [2.24, 2.45) is 5.73 Å². The van der Waals surface area contributed by atoms with Crippen molar-refractivity contribution in [1.82, 2.24) is 14.7 Å². The summed E-state index contributed by atoms with van der Waals surface area (Å²) < 4.78 is 35.7. The first kappa shape index (κ1) is 24.9. The number of halogens is 3. The van der Waals surface area contributed by atoms with Crippen LogP contribution in [0.3, 0.4) is 0 Å². The fraction of sp³-hybridized carbons (Fsp3) is 0.417. The number of imidazole rings is 1. The van der Waals surface area contributed by atoms with Gasteiger partial charge in [0.2, 0.25) is 0 Å². The van der Waals surface area contributed by atoms with Gasteiger partial charge >= 0.3 is 0 Å². The van der Waals surface area contributed by atoms with E-state index in [2.05, 4.69) is 10.3 Å². The van der Waals surface area contributed by atoms with Crippen LogP contribution in [0.1, 0.15) is 66.3 Å². The van der Waals surface area contributed by atoms with E-state index in [9.17, 15) is 13.6 Å². The minimum atomic E-state index is -0.667. The number of fused-ring (bicyclic) bond motifs is 1. The molecule has 2 heterocycles. The maximum atomic E-state index is 14.1. The number of nitrogens with one attached hydrogen (secondary N) is 1. The average molecular weight is 479 g/mol. The number of benzene rings is 1. The van der Waals surface area contributed by atoms with Crippen molar-refractivity contribution in [2.45, 2.75) is 58.1 Å². The maximum absolute atomic E-state index is 14.1. The van der Waals surface area contributed by atoms with Gasteiger partial charge in [-0.15, -0.1) is 12.4 Å². The van der Waals surface area contributed by atoms with E-state index in [1.807, 2.05) is 26.1 Å². The molecule has 1 aliphatic rings. The second-order valence-electron chi connectivity index (χ2n) is 8.83. The molecule has 0 radical (unpaired) electrons. The lowest BCUT2D eigenvalue weighted by Crippen LogP contribution is -2.47. The number of hydrogen-bond donors (Lipinski definition) is 2. The molecule has 0 saturated heterocycles. The van der Waals surface area contributed by atoms with E-state index in [4.69, 9.17) is 10.5 Å². The van der Waals surface area contributed by atoms with Crippen LogP contribution in [0, 0.1) is 18.6 Å². The van der Waals surface area contributed by atoms with Crippen LogP contribution in [0.4, 0.5) is 8.78 Å². The molecule has 0 bridgehead atoms. The lowest BCUT2D eigenvalue weighted by Gasteiger charge is -2.23. The molecule has 1 unspecified atom stereocenters. The van der Waals surface area contributed by atoms with Crippen LogP contribution in [0.2, 0.25) is 0 Å². The Hall–Kier alpha value is -2.71. The van der Waals surface area contributed by atoms with E-state index in [-0.39, 0.29) is 30.5 Å². The summed E-state index contributed by atoms with van der Waals surface area (Å²) in [5, 5.41) is 2.90. The first-order chi connectivity index (χ1) is 15.2. The zero-order valence-corrected chi connectivity index (χ0v) is 19.8. The molecule has 0 aliphatic heterocycles. The van der Waals surface area contributed by atoms with Crippen molar-refractivity contribution in [3.63, 3.8) is 0 Å². The Morgan fingerprint density at radius 3 is 2.61 bits per heavy atom. The van der Waals surface area contributed by atoms with Crippen molar-refractivity contribution in [2.75, 3.05) is 6.54 Å². The Bertz CT molecular complexity index is 1150. The van der Waals surface area contributed by atoms with E-state index < -0.39 is 17.2 Å². The summed E-state index contributed by atoms with van der Waals surface area (Å²) >= 11 is 0. The predicted octanol–water partition coefficient (Wildman–Crippen LogP) is 4.66. The lowest BCUT2D eigenvalue weighted by atomic mass is 10.0. The quantitative estimate of drug-likeness (QED) is 0.493. The summed E-state index contributed by atoms with van der Waals surface area (Å²) in [4.78, 5) is 17.5. The molecule has 4 rings (SSSR count). The summed E-state index contributed by atoms with van der Waals surface area (Å²) in [6.07, 6.45) is 4.71. The molecule has 1 saturated carbocycles. The smallest absolute Gasteiger partial charge is 0.270 e. The molecule has 178 valence electrons. The van der Waals surface area contributed by atoms with Crippen LogP contribution >= 0.6 is 12.4 Å². The fourth-order valence-corrected chi connectivity index (χ4v) is 3.58. The summed E-state index contributed by atoms with van der Waals surface area (Å²) in [5.41, 5.74) is 7.87. The van der Waals surface area contributed by atoms with Gasteiger partial charge in [-0.05, 0) is 62.8 Å². The van der Waals surface area contributed by atoms with Crippen LogP contribution < -0.4 is 15.8 Å². The van der Waals surface area contributed by atoms with Crippen molar-refractivity contribution in [1.29, 1.82) is 0 Å². The number of nitrogens with two attached hydrogens (primary N) is 1. The molecule has 0 spiro atoms. The number of nitrogens with zero attached hydrogens (tertiary/aromatic N) is 2. The van der Waals surface area contributed by atoms with E-state index in [1.165, 1.54) is 18.2 Å². The first-order valence-corrected chi connectivity index (χ1v) is 10.9. The van der Waals surface area contributed by atoms with E-state index >= 15 is 0 Å². The third kappa shape index (κ3) is 5.28. The highest BCUT2D eigenvalue weighted by molar-refractivity contribution is 5.95. The van der Waals surface area contributed by atoms with Crippen LogP contribution in [0.25, 0.3) is 5.65 Å². The van der Waals surface area contributed by atoms with E-state index in [1.54, 1.807) is 11.3 Å². The van der Waals surface area contributed by atoms with Gasteiger partial charge in [-0.1, -0.05) is 13.0 Å². The summed E-state index contributed by atoms with van der Waals surface area (Å²) in [6.45, 7) is 5.65. The van der Waals surface area contributed by atoms with Gasteiger partial charge in [0.1, 0.15) is 23.9 Å². The highest BCUT2D eigenvalue weighted by atomic mass is 35.5. The number of pyridine rings is 1. The largest absolute Gasteiger partial charge is 0.485 e. The van der Waals surface area contributed by atoms with Gasteiger partial charge in [0.25, 0.3) is 5.91 Å². The summed E-state index contributed by atoms with van der Waals surface area (Å²) in [5.74, 6) is -0.854. The molecule has 1 atom stereocenters. The van der Waals surface area contributed by atoms with Crippen LogP contribution in [-0.4, -0.2) is 27.4 Å². The third-order valence-electron chi connectivity index (χ3n) is 6.04. The number of carbonyl (C=O) groups excluding carboxylic acids is 1. The van der Waals surface area contributed by atoms with Gasteiger partial charge in [-0.3, -0.25) is 9.20 Å². The van der Waals surface area contributed by atoms with Gasteiger partial charge in [0.15, 0.2) is 11.4 Å². The van der Waals surface area contributed by atoms with Crippen molar-refractivity contribution in [3.8, 4) is 5.75 Å². The molecule has 1 aromatic carbocycles. The highest BCUT2D eigenvalue weighted by Crippen LogP contribution is 2.42. The van der Waals surface area contributed by atoms with Gasteiger partial charge < -0.3 is 15.8 Å². The third-order valence-corrected chi connectivity index (χ3v) is 6.04. The molecule has 1 amide bonds. The molecule has 3 N–H and O–H groups in total. The molecule has 33 heavy (non-hydrogen) atoms. The van der Waals surface area contributed by atoms with Crippen molar-refractivity contribution < 1.29 is 18.3 Å². The van der Waals surface area contributed by atoms with Crippen molar-refractivity contribution in [3.05, 3.63) is 64.6 Å². The molecular weight excluding hydrogens is 450 g/mol. The first-order valence-electron chi connectivity index (χ1n) is 10.9. The SMILES string of the molecule is CCC(C)(N)CNC(=O)c1c(C)nc2c(OCc3c(F)cccc3F)cc(C3CC3)cn12.Cl. The van der Waals surface area contributed by atoms with Gasteiger partial charge in [-0.25, -0.2) is 13.8 Å². The number of carbonyl (C=O) groups is 1. The average Bonchev–Trinajstić information content (AvgIpc) is 3.54.